The second-order valence-corrected chi connectivity index (χ2v) is 4.21. The van der Waals surface area contributed by atoms with Gasteiger partial charge in [-0.15, -0.1) is 0 Å². The van der Waals surface area contributed by atoms with Crippen molar-refractivity contribution in [3.63, 3.8) is 0 Å². The van der Waals surface area contributed by atoms with Crippen molar-refractivity contribution in [1.82, 2.24) is 9.38 Å². The molecule has 0 spiro atoms. The average molecular weight is 188 g/mol. The third-order valence-electron chi connectivity index (χ3n) is 2.74. The van der Waals surface area contributed by atoms with E-state index < -0.39 is 0 Å². The highest BCUT2D eigenvalue weighted by Crippen LogP contribution is 2.18. The molecule has 2 rings (SSSR count). The fourth-order valence-corrected chi connectivity index (χ4v) is 1.67. The zero-order valence-electron chi connectivity index (χ0n) is 9.20. The first-order valence-electron chi connectivity index (χ1n) is 5.04. The maximum Gasteiger partial charge on any atom is 0.137 e. The molecule has 2 heteroatoms. The minimum absolute atomic E-state index is 0.520. The second-order valence-electron chi connectivity index (χ2n) is 4.21. The van der Waals surface area contributed by atoms with E-state index in [1.807, 2.05) is 6.20 Å². The highest BCUT2D eigenvalue weighted by molar-refractivity contribution is 5.46. The van der Waals surface area contributed by atoms with Crippen LogP contribution in [0, 0.1) is 13.8 Å². The first kappa shape index (κ1) is 9.25. The van der Waals surface area contributed by atoms with E-state index in [2.05, 4.69) is 49.3 Å². The van der Waals surface area contributed by atoms with Crippen LogP contribution in [0.1, 0.15) is 36.6 Å². The molecule has 0 saturated carbocycles. The Morgan fingerprint density at radius 2 is 1.93 bits per heavy atom. The number of aromatic nitrogens is 2. The van der Waals surface area contributed by atoms with Crippen LogP contribution >= 0.6 is 0 Å². The van der Waals surface area contributed by atoms with Crippen LogP contribution in [0.25, 0.3) is 5.65 Å². The molecule has 0 aliphatic heterocycles. The van der Waals surface area contributed by atoms with Crippen LogP contribution in [0.2, 0.25) is 0 Å². The van der Waals surface area contributed by atoms with Gasteiger partial charge in [0.15, 0.2) is 0 Å². The van der Waals surface area contributed by atoms with Crippen LogP contribution in [-0.2, 0) is 0 Å². The molecule has 0 unspecified atom stereocenters. The van der Waals surface area contributed by atoms with E-state index >= 15 is 0 Å². The Hall–Kier alpha value is -1.31. The van der Waals surface area contributed by atoms with Crippen molar-refractivity contribution in [2.75, 3.05) is 0 Å². The van der Waals surface area contributed by atoms with Crippen molar-refractivity contribution in [2.45, 2.75) is 33.6 Å². The lowest BCUT2D eigenvalue weighted by Crippen LogP contribution is -1.96. The van der Waals surface area contributed by atoms with Gasteiger partial charge < -0.3 is 4.40 Å². The maximum absolute atomic E-state index is 4.40. The van der Waals surface area contributed by atoms with Gasteiger partial charge in [-0.25, -0.2) is 4.98 Å². The van der Waals surface area contributed by atoms with Crippen LogP contribution in [0.4, 0.5) is 0 Å². The van der Waals surface area contributed by atoms with Gasteiger partial charge in [0, 0.05) is 18.1 Å². The molecular formula is C12H16N2. The smallest absolute Gasteiger partial charge is 0.137 e. The SMILES string of the molecule is Cc1cc2ncc(C(C)C)n2cc1C. The molecular weight excluding hydrogens is 172 g/mol. The predicted molar refractivity (Wildman–Crippen MR) is 58.8 cm³/mol. The molecule has 0 saturated heterocycles. The number of fused-ring (bicyclic) bond motifs is 1. The van der Waals surface area contributed by atoms with E-state index in [1.165, 1.54) is 16.8 Å². The summed E-state index contributed by atoms with van der Waals surface area (Å²) in [6.07, 6.45) is 4.14. The zero-order valence-corrected chi connectivity index (χ0v) is 9.20. The van der Waals surface area contributed by atoms with Gasteiger partial charge in [0.25, 0.3) is 0 Å². The monoisotopic (exact) mass is 188 g/mol. The van der Waals surface area contributed by atoms with Gasteiger partial charge in [-0.05, 0) is 37.0 Å². The summed E-state index contributed by atoms with van der Waals surface area (Å²) in [5, 5.41) is 0. The summed E-state index contributed by atoms with van der Waals surface area (Å²) in [6, 6.07) is 2.14. The molecule has 2 aromatic heterocycles. The Balaban J connectivity index is 2.74. The molecule has 0 aliphatic carbocycles. The van der Waals surface area contributed by atoms with Crippen LogP contribution in [0.5, 0.6) is 0 Å². The average Bonchev–Trinajstić information content (AvgIpc) is 2.48. The molecule has 2 heterocycles. The number of rotatable bonds is 1. The fourth-order valence-electron chi connectivity index (χ4n) is 1.67. The Labute approximate surface area is 84.6 Å². The maximum atomic E-state index is 4.40. The number of aryl methyl sites for hydroxylation is 2. The number of hydrogen-bond acceptors (Lipinski definition) is 1. The molecule has 74 valence electrons. The van der Waals surface area contributed by atoms with Gasteiger partial charge in [-0.3, -0.25) is 0 Å². The molecule has 0 fully saturated rings. The van der Waals surface area contributed by atoms with Gasteiger partial charge in [-0.1, -0.05) is 13.8 Å². The molecule has 2 nitrogen and oxygen atoms in total. The van der Waals surface area contributed by atoms with Crippen LogP contribution in [-0.4, -0.2) is 9.38 Å². The molecule has 0 bridgehead atoms. The summed E-state index contributed by atoms with van der Waals surface area (Å²) >= 11 is 0. The van der Waals surface area contributed by atoms with E-state index in [0.717, 1.165) is 5.65 Å². The van der Waals surface area contributed by atoms with Crippen molar-refractivity contribution in [3.8, 4) is 0 Å². The highest BCUT2D eigenvalue weighted by Gasteiger charge is 2.07. The molecule has 0 N–H and O–H groups in total. The van der Waals surface area contributed by atoms with E-state index in [0.29, 0.717) is 5.92 Å². The zero-order chi connectivity index (χ0) is 10.3. The molecule has 0 radical (unpaired) electrons. The standard InChI is InChI=1S/C12H16N2/c1-8(2)11-6-13-12-5-9(3)10(4)7-14(11)12/h5-8H,1-4H3. The van der Waals surface area contributed by atoms with Crippen molar-refractivity contribution in [3.05, 3.63) is 35.3 Å². The molecule has 14 heavy (non-hydrogen) atoms. The second kappa shape index (κ2) is 3.12. The Morgan fingerprint density at radius 3 is 2.57 bits per heavy atom. The summed E-state index contributed by atoms with van der Waals surface area (Å²) < 4.78 is 2.19. The highest BCUT2D eigenvalue weighted by atomic mass is 15.0. The summed E-state index contributed by atoms with van der Waals surface area (Å²) in [4.78, 5) is 4.40. The summed E-state index contributed by atoms with van der Waals surface area (Å²) in [5.74, 6) is 0.520. The van der Waals surface area contributed by atoms with Gasteiger partial charge in [-0.2, -0.15) is 0 Å². The number of nitrogens with zero attached hydrogens (tertiary/aromatic N) is 2. The van der Waals surface area contributed by atoms with Gasteiger partial charge >= 0.3 is 0 Å². The number of imidazole rings is 1. The van der Waals surface area contributed by atoms with Crippen molar-refractivity contribution in [1.29, 1.82) is 0 Å². The predicted octanol–water partition coefficient (Wildman–Crippen LogP) is 3.07. The quantitative estimate of drug-likeness (QED) is 0.672. The largest absolute Gasteiger partial charge is 0.304 e. The Bertz CT molecular complexity index is 466. The fraction of sp³-hybridized carbons (Fsp3) is 0.417. The van der Waals surface area contributed by atoms with Gasteiger partial charge in [0.1, 0.15) is 5.65 Å². The van der Waals surface area contributed by atoms with E-state index in [4.69, 9.17) is 0 Å². The van der Waals surface area contributed by atoms with Crippen molar-refractivity contribution < 1.29 is 0 Å². The molecule has 0 aliphatic rings. The summed E-state index contributed by atoms with van der Waals surface area (Å²) in [6.45, 7) is 8.65. The third-order valence-corrected chi connectivity index (χ3v) is 2.74. The molecule has 0 aromatic carbocycles. The van der Waals surface area contributed by atoms with Crippen LogP contribution < -0.4 is 0 Å². The lowest BCUT2D eigenvalue weighted by atomic mass is 10.1. The van der Waals surface area contributed by atoms with Crippen LogP contribution in [0.3, 0.4) is 0 Å². The third kappa shape index (κ3) is 1.31. The normalized spacial score (nSPS) is 11.5. The van der Waals surface area contributed by atoms with Crippen molar-refractivity contribution >= 4 is 5.65 Å². The number of pyridine rings is 1. The van der Waals surface area contributed by atoms with E-state index in [1.54, 1.807) is 0 Å². The van der Waals surface area contributed by atoms with Gasteiger partial charge in [0.05, 0.1) is 0 Å². The topological polar surface area (TPSA) is 17.3 Å². The van der Waals surface area contributed by atoms with E-state index in [-0.39, 0.29) is 0 Å². The minimum atomic E-state index is 0.520. The minimum Gasteiger partial charge on any atom is -0.304 e. The van der Waals surface area contributed by atoms with Gasteiger partial charge in [0.2, 0.25) is 0 Å². The first-order valence-corrected chi connectivity index (χ1v) is 5.04. The molecule has 0 atom stereocenters. The summed E-state index contributed by atoms with van der Waals surface area (Å²) in [7, 11) is 0. The van der Waals surface area contributed by atoms with Crippen molar-refractivity contribution in [2.24, 2.45) is 0 Å². The molecule has 0 amide bonds. The number of hydrogen-bond donors (Lipinski definition) is 0. The lowest BCUT2D eigenvalue weighted by molar-refractivity contribution is 0.807. The van der Waals surface area contributed by atoms with Crippen LogP contribution in [0.15, 0.2) is 18.5 Å². The Kier molecular flexibility index (Phi) is 2.06. The Morgan fingerprint density at radius 1 is 1.21 bits per heavy atom. The van der Waals surface area contributed by atoms with E-state index in [9.17, 15) is 0 Å². The lowest BCUT2D eigenvalue weighted by Gasteiger charge is -2.07. The first-order chi connectivity index (χ1) is 6.59. The molecule has 2 aromatic rings. The summed E-state index contributed by atoms with van der Waals surface area (Å²) in [5.41, 5.74) is 4.95.